The maximum Gasteiger partial charge on any atom is 0.287 e. The molecule has 0 fully saturated rings. The van der Waals surface area contributed by atoms with Gasteiger partial charge in [0.1, 0.15) is 5.02 Å². The predicted octanol–water partition coefficient (Wildman–Crippen LogP) is 3.85. The van der Waals surface area contributed by atoms with Crippen LogP contribution >= 0.6 is 27.5 Å². The van der Waals surface area contributed by atoms with Gasteiger partial charge in [-0.05, 0) is 31.5 Å². The van der Waals surface area contributed by atoms with E-state index in [0.29, 0.717) is 12.2 Å². The average molecular weight is 357 g/mol. The van der Waals surface area contributed by atoms with Crippen LogP contribution in [0.15, 0.2) is 39.7 Å². The lowest BCUT2D eigenvalue weighted by molar-refractivity contribution is 0.615. The molecule has 0 radical (unpaired) electrons. The van der Waals surface area contributed by atoms with Crippen LogP contribution in [0.25, 0.3) is 0 Å². The second-order valence-corrected chi connectivity index (χ2v) is 5.70. The number of nitrogens with zero attached hydrogens (tertiary/aromatic N) is 2. The molecule has 0 amide bonds. The minimum absolute atomic E-state index is 0.0271. The molecule has 6 heteroatoms. The number of hydrogen-bond donors (Lipinski definition) is 1. The first-order valence-corrected chi connectivity index (χ1v) is 7.47. The molecule has 0 spiro atoms. The van der Waals surface area contributed by atoms with E-state index in [1.165, 1.54) is 4.68 Å². The molecule has 1 N–H and O–H groups in total. The Hall–Kier alpha value is -1.33. The van der Waals surface area contributed by atoms with E-state index in [2.05, 4.69) is 26.3 Å². The summed E-state index contributed by atoms with van der Waals surface area (Å²) < 4.78 is 2.36. The standard InChI is InChI=1S/C14H15BrClN3O/c1-3-19-14(20)13(16)12(8-17-19)18-9(2)10-4-6-11(15)7-5-10/h4-9,18H,3H2,1-2H3. The highest BCUT2D eigenvalue weighted by Gasteiger charge is 2.12. The molecule has 0 saturated carbocycles. The third-order valence-corrected chi connectivity index (χ3v) is 3.92. The molecule has 106 valence electrons. The molecule has 2 rings (SSSR count). The van der Waals surface area contributed by atoms with Crippen LogP contribution in [0.2, 0.25) is 5.02 Å². The van der Waals surface area contributed by atoms with Crippen molar-refractivity contribution in [3.8, 4) is 0 Å². The Morgan fingerprint density at radius 3 is 2.65 bits per heavy atom. The van der Waals surface area contributed by atoms with Gasteiger partial charge in [0, 0.05) is 17.1 Å². The molecule has 0 aliphatic carbocycles. The highest BCUT2D eigenvalue weighted by atomic mass is 79.9. The van der Waals surface area contributed by atoms with E-state index >= 15 is 0 Å². The Labute approximate surface area is 130 Å². The molecule has 1 heterocycles. The van der Waals surface area contributed by atoms with Gasteiger partial charge in [-0.2, -0.15) is 5.10 Å². The summed E-state index contributed by atoms with van der Waals surface area (Å²) in [5.41, 5.74) is 1.38. The van der Waals surface area contributed by atoms with Gasteiger partial charge in [0.25, 0.3) is 5.56 Å². The number of hydrogen-bond acceptors (Lipinski definition) is 3. The second-order valence-electron chi connectivity index (χ2n) is 4.41. The first kappa shape index (κ1) is 15.1. The van der Waals surface area contributed by atoms with Crippen molar-refractivity contribution in [3.63, 3.8) is 0 Å². The zero-order valence-electron chi connectivity index (χ0n) is 11.2. The highest BCUT2D eigenvalue weighted by Crippen LogP contribution is 2.23. The Morgan fingerprint density at radius 1 is 1.40 bits per heavy atom. The first-order chi connectivity index (χ1) is 9.52. The van der Waals surface area contributed by atoms with Crippen molar-refractivity contribution in [3.05, 3.63) is 55.9 Å². The number of benzene rings is 1. The Balaban J connectivity index is 2.24. The Bertz CT molecular complexity index is 654. The summed E-state index contributed by atoms with van der Waals surface area (Å²) in [7, 11) is 0. The van der Waals surface area contributed by atoms with Gasteiger partial charge in [0.05, 0.1) is 11.9 Å². The fourth-order valence-corrected chi connectivity index (χ4v) is 2.32. The molecule has 0 saturated heterocycles. The Kier molecular flexibility index (Phi) is 4.83. The summed E-state index contributed by atoms with van der Waals surface area (Å²) >= 11 is 9.49. The van der Waals surface area contributed by atoms with Crippen LogP contribution in [0.1, 0.15) is 25.5 Å². The lowest BCUT2D eigenvalue weighted by Gasteiger charge is -2.16. The molecule has 0 aliphatic heterocycles. The molecular weight excluding hydrogens is 342 g/mol. The van der Waals surface area contributed by atoms with Crippen molar-refractivity contribution in [1.82, 2.24) is 9.78 Å². The topological polar surface area (TPSA) is 46.9 Å². The van der Waals surface area contributed by atoms with Gasteiger partial charge in [-0.15, -0.1) is 0 Å². The summed E-state index contributed by atoms with van der Waals surface area (Å²) in [6.45, 7) is 4.36. The van der Waals surface area contributed by atoms with Crippen molar-refractivity contribution in [2.24, 2.45) is 0 Å². The number of nitrogens with one attached hydrogen (secondary N) is 1. The van der Waals surface area contributed by atoms with E-state index in [4.69, 9.17) is 11.6 Å². The van der Waals surface area contributed by atoms with E-state index < -0.39 is 0 Å². The van der Waals surface area contributed by atoms with Gasteiger partial charge < -0.3 is 5.32 Å². The summed E-state index contributed by atoms with van der Waals surface area (Å²) in [5.74, 6) is 0. The van der Waals surface area contributed by atoms with Crippen LogP contribution in [0.5, 0.6) is 0 Å². The molecule has 2 aromatic rings. The zero-order chi connectivity index (χ0) is 14.7. The van der Waals surface area contributed by atoms with Gasteiger partial charge in [-0.25, -0.2) is 4.68 Å². The van der Waals surface area contributed by atoms with Gasteiger partial charge >= 0.3 is 0 Å². The normalized spacial score (nSPS) is 12.2. The maximum atomic E-state index is 11.9. The summed E-state index contributed by atoms with van der Waals surface area (Å²) in [4.78, 5) is 11.9. The van der Waals surface area contributed by atoms with E-state index in [1.807, 2.05) is 38.1 Å². The van der Waals surface area contributed by atoms with Crippen molar-refractivity contribution in [2.45, 2.75) is 26.4 Å². The summed E-state index contributed by atoms with van der Waals surface area (Å²) in [6.07, 6.45) is 1.59. The van der Waals surface area contributed by atoms with E-state index in [9.17, 15) is 4.79 Å². The van der Waals surface area contributed by atoms with E-state index in [0.717, 1.165) is 10.0 Å². The molecule has 1 aromatic carbocycles. The Morgan fingerprint density at radius 2 is 2.05 bits per heavy atom. The molecule has 0 aliphatic rings. The number of aromatic nitrogens is 2. The second kappa shape index (κ2) is 6.41. The van der Waals surface area contributed by atoms with Gasteiger partial charge in [0.15, 0.2) is 0 Å². The largest absolute Gasteiger partial charge is 0.376 e. The lowest BCUT2D eigenvalue weighted by Crippen LogP contribution is -2.23. The fraction of sp³-hybridized carbons (Fsp3) is 0.286. The molecule has 1 unspecified atom stereocenters. The smallest absolute Gasteiger partial charge is 0.287 e. The summed E-state index contributed by atoms with van der Waals surface area (Å²) in [6, 6.07) is 8.00. The minimum Gasteiger partial charge on any atom is -0.376 e. The highest BCUT2D eigenvalue weighted by molar-refractivity contribution is 9.10. The SMILES string of the molecule is CCn1ncc(NC(C)c2ccc(Br)cc2)c(Cl)c1=O. The first-order valence-electron chi connectivity index (χ1n) is 6.30. The van der Waals surface area contributed by atoms with Gasteiger partial charge in [0.2, 0.25) is 0 Å². The molecular formula is C14H15BrClN3O. The maximum absolute atomic E-state index is 11.9. The van der Waals surface area contributed by atoms with Crippen molar-refractivity contribution in [1.29, 1.82) is 0 Å². The van der Waals surface area contributed by atoms with E-state index in [-0.39, 0.29) is 16.6 Å². The van der Waals surface area contributed by atoms with Crippen molar-refractivity contribution >= 4 is 33.2 Å². The predicted molar refractivity (Wildman–Crippen MR) is 85.4 cm³/mol. The zero-order valence-corrected chi connectivity index (χ0v) is 13.6. The van der Waals surface area contributed by atoms with Crippen LogP contribution in [0, 0.1) is 0 Å². The minimum atomic E-state index is -0.276. The lowest BCUT2D eigenvalue weighted by atomic mass is 10.1. The molecule has 20 heavy (non-hydrogen) atoms. The average Bonchev–Trinajstić information content (AvgIpc) is 2.45. The summed E-state index contributed by atoms with van der Waals surface area (Å²) in [5, 5.41) is 7.46. The third kappa shape index (κ3) is 3.22. The molecule has 0 bridgehead atoms. The van der Waals surface area contributed by atoms with Gasteiger partial charge in [-0.3, -0.25) is 4.79 Å². The van der Waals surface area contributed by atoms with Crippen LogP contribution < -0.4 is 10.9 Å². The number of aryl methyl sites for hydroxylation is 1. The van der Waals surface area contributed by atoms with Crippen LogP contribution in [0.3, 0.4) is 0 Å². The molecule has 4 nitrogen and oxygen atoms in total. The van der Waals surface area contributed by atoms with Crippen LogP contribution in [-0.2, 0) is 6.54 Å². The third-order valence-electron chi connectivity index (χ3n) is 3.03. The molecule has 1 aromatic heterocycles. The van der Waals surface area contributed by atoms with Crippen molar-refractivity contribution in [2.75, 3.05) is 5.32 Å². The fourth-order valence-electron chi connectivity index (χ4n) is 1.86. The number of rotatable bonds is 4. The monoisotopic (exact) mass is 355 g/mol. The molecule has 1 atom stereocenters. The van der Waals surface area contributed by atoms with Crippen molar-refractivity contribution < 1.29 is 0 Å². The quantitative estimate of drug-likeness (QED) is 0.905. The van der Waals surface area contributed by atoms with Crippen LogP contribution in [-0.4, -0.2) is 9.78 Å². The van der Waals surface area contributed by atoms with Gasteiger partial charge in [-0.1, -0.05) is 39.7 Å². The van der Waals surface area contributed by atoms with E-state index in [1.54, 1.807) is 6.20 Å². The van der Waals surface area contributed by atoms with Crippen LogP contribution in [0.4, 0.5) is 5.69 Å². The number of halogens is 2. The number of anilines is 1.